The number of nitrogens with zero attached hydrogens (tertiary/aromatic N) is 4. The Balaban J connectivity index is 2.50. The van der Waals surface area contributed by atoms with Crippen molar-refractivity contribution in [1.29, 1.82) is 0 Å². The fourth-order valence-electron chi connectivity index (χ4n) is 2.41. The van der Waals surface area contributed by atoms with Gasteiger partial charge in [0, 0.05) is 19.8 Å². The molecule has 0 saturated heterocycles. The monoisotopic (exact) mass is 308 g/mol. The highest BCUT2D eigenvalue weighted by Gasteiger charge is 2.21. The van der Waals surface area contributed by atoms with E-state index in [2.05, 4.69) is 10.1 Å². The molecule has 2 heterocycles. The first-order valence-corrected chi connectivity index (χ1v) is 6.50. The van der Waals surface area contributed by atoms with Crippen LogP contribution in [0.2, 0.25) is 0 Å². The van der Waals surface area contributed by atoms with Crippen LogP contribution in [0.1, 0.15) is 6.92 Å². The largest absolute Gasteiger partial charge is 0.344 e. The second-order valence-corrected chi connectivity index (χ2v) is 4.75. The summed E-state index contributed by atoms with van der Waals surface area (Å²) >= 11 is 0. The van der Waals surface area contributed by atoms with Crippen molar-refractivity contribution >= 4 is 10.9 Å². The quantitative estimate of drug-likeness (QED) is 0.682. The molecule has 0 radical (unpaired) electrons. The van der Waals surface area contributed by atoms with Crippen molar-refractivity contribution < 1.29 is 13.2 Å². The van der Waals surface area contributed by atoms with Crippen LogP contribution >= 0.6 is 0 Å². The number of aryl methyl sites for hydroxylation is 2. The Hall–Kier alpha value is -2.64. The highest BCUT2D eigenvalue weighted by molar-refractivity contribution is 5.83. The van der Waals surface area contributed by atoms with Crippen LogP contribution < -0.4 is 5.43 Å². The molecule has 0 aliphatic rings. The summed E-state index contributed by atoms with van der Waals surface area (Å²) in [6.07, 6.45) is 2.64. The number of halogens is 3. The van der Waals surface area contributed by atoms with E-state index in [9.17, 15) is 18.0 Å². The predicted molar refractivity (Wildman–Crippen MR) is 73.8 cm³/mol. The van der Waals surface area contributed by atoms with E-state index < -0.39 is 22.9 Å². The topological polar surface area (TPSA) is 52.7 Å². The van der Waals surface area contributed by atoms with Gasteiger partial charge in [0.2, 0.25) is 5.43 Å². The van der Waals surface area contributed by atoms with Crippen LogP contribution in [0.15, 0.2) is 23.4 Å². The van der Waals surface area contributed by atoms with Crippen LogP contribution in [0.4, 0.5) is 13.2 Å². The van der Waals surface area contributed by atoms with E-state index in [1.807, 2.05) is 0 Å². The first-order valence-electron chi connectivity index (χ1n) is 6.50. The molecule has 5 nitrogen and oxygen atoms in total. The Morgan fingerprint density at radius 2 is 1.95 bits per heavy atom. The van der Waals surface area contributed by atoms with Gasteiger partial charge in [0.15, 0.2) is 23.3 Å². The lowest BCUT2D eigenvalue weighted by molar-refractivity contribution is 0.450. The highest BCUT2D eigenvalue weighted by Crippen LogP contribution is 2.24. The van der Waals surface area contributed by atoms with E-state index in [1.165, 1.54) is 21.8 Å². The fourth-order valence-corrected chi connectivity index (χ4v) is 2.41. The molecule has 22 heavy (non-hydrogen) atoms. The standard InChI is InChI=1S/C14H11F3N4O/c1-3-21-5-8(14-18-6-19-20(14)2)13(22)7-4-9(15)10(16)11(17)12(7)21/h4-6H,3H2,1-2H3. The Labute approximate surface area is 122 Å². The minimum atomic E-state index is -1.60. The number of benzene rings is 1. The van der Waals surface area contributed by atoms with Crippen LogP contribution in [0, 0.1) is 17.5 Å². The lowest BCUT2D eigenvalue weighted by atomic mass is 10.1. The SMILES string of the molecule is CCn1cc(-c2ncnn2C)c(=O)c2cc(F)c(F)c(F)c21. The third kappa shape index (κ3) is 1.91. The van der Waals surface area contributed by atoms with Gasteiger partial charge in [-0.05, 0) is 13.0 Å². The molecule has 0 atom stereocenters. The minimum absolute atomic E-state index is 0.139. The van der Waals surface area contributed by atoms with Crippen molar-refractivity contribution in [3.05, 3.63) is 46.3 Å². The van der Waals surface area contributed by atoms with Gasteiger partial charge in [-0.1, -0.05) is 0 Å². The van der Waals surface area contributed by atoms with E-state index in [1.54, 1.807) is 14.0 Å². The summed E-state index contributed by atoms with van der Waals surface area (Å²) in [6.45, 7) is 1.97. The van der Waals surface area contributed by atoms with Crippen LogP contribution in [-0.4, -0.2) is 19.3 Å². The maximum Gasteiger partial charge on any atom is 0.200 e. The molecule has 0 saturated carbocycles. The van der Waals surface area contributed by atoms with Gasteiger partial charge < -0.3 is 4.57 Å². The van der Waals surface area contributed by atoms with Crippen molar-refractivity contribution in [2.45, 2.75) is 13.5 Å². The highest BCUT2D eigenvalue weighted by atomic mass is 19.2. The number of hydrogen-bond acceptors (Lipinski definition) is 3. The van der Waals surface area contributed by atoms with Gasteiger partial charge in [-0.3, -0.25) is 4.79 Å². The van der Waals surface area contributed by atoms with Gasteiger partial charge in [0.05, 0.1) is 16.5 Å². The summed E-state index contributed by atoms with van der Waals surface area (Å²) in [7, 11) is 1.59. The molecular formula is C14H11F3N4O. The number of hydrogen-bond donors (Lipinski definition) is 0. The fraction of sp³-hybridized carbons (Fsp3) is 0.214. The first kappa shape index (κ1) is 14.3. The summed E-state index contributed by atoms with van der Waals surface area (Å²) in [5.74, 6) is -4.11. The zero-order valence-electron chi connectivity index (χ0n) is 11.8. The van der Waals surface area contributed by atoms with Crippen LogP contribution in [0.5, 0.6) is 0 Å². The normalized spacial score (nSPS) is 11.3. The summed E-state index contributed by atoms with van der Waals surface area (Å²) < 4.78 is 43.7. The zero-order chi connectivity index (χ0) is 16.0. The molecule has 3 rings (SSSR count). The molecule has 0 aliphatic carbocycles. The van der Waals surface area contributed by atoms with Crippen molar-refractivity contribution in [2.24, 2.45) is 7.05 Å². The smallest absolute Gasteiger partial charge is 0.200 e. The first-order chi connectivity index (χ1) is 10.5. The molecule has 0 spiro atoms. The Morgan fingerprint density at radius 1 is 1.23 bits per heavy atom. The molecule has 8 heteroatoms. The minimum Gasteiger partial charge on any atom is -0.344 e. The number of pyridine rings is 1. The maximum atomic E-state index is 14.0. The molecule has 2 aromatic heterocycles. The van der Waals surface area contributed by atoms with E-state index in [0.29, 0.717) is 6.07 Å². The zero-order valence-corrected chi connectivity index (χ0v) is 11.8. The molecule has 0 unspecified atom stereocenters. The van der Waals surface area contributed by atoms with Crippen molar-refractivity contribution in [2.75, 3.05) is 0 Å². The number of aromatic nitrogens is 4. The van der Waals surface area contributed by atoms with Gasteiger partial charge in [0.1, 0.15) is 6.33 Å². The molecule has 114 valence electrons. The van der Waals surface area contributed by atoms with Crippen molar-refractivity contribution in [3.8, 4) is 11.4 Å². The van der Waals surface area contributed by atoms with Gasteiger partial charge in [-0.2, -0.15) is 5.10 Å². The average Bonchev–Trinajstić information content (AvgIpc) is 2.92. The molecule has 0 fully saturated rings. The van der Waals surface area contributed by atoms with Crippen LogP contribution in [0.25, 0.3) is 22.3 Å². The third-order valence-electron chi connectivity index (χ3n) is 3.49. The third-order valence-corrected chi connectivity index (χ3v) is 3.49. The lowest BCUT2D eigenvalue weighted by Crippen LogP contribution is -2.16. The Bertz CT molecular complexity index is 945. The maximum absolute atomic E-state index is 14.0. The Kier molecular flexibility index (Phi) is 3.23. The molecular weight excluding hydrogens is 297 g/mol. The molecule has 0 aliphatic heterocycles. The molecule has 3 aromatic rings. The van der Waals surface area contributed by atoms with Gasteiger partial charge >= 0.3 is 0 Å². The van der Waals surface area contributed by atoms with Gasteiger partial charge in [-0.25, -0.2) is 22.8 Å². The summed E-state index contributed by atoms with van der Waals surface area (Å²) in [5, 5.41) is 3.63. The van der Waals surface area contributed by atoms with E-state index in [-0.39, 0.29) is 28.8 Å². The Morgan fingerprint density at radius 3 is 2.55 bits per heavy atom. The molecule has 1 aromatic carbocycles. The number of rotatable bonds is 2. The van der Waals surface area contributed by atoms with Crippen molar-refractivity contribution in [1.82, 2.24) is 19.3 Å². The molecule has 0 N–H and O–H groups in total. The van der Waals surface area contributed by atoms with Crippen molar-refractivity contribution in [3.63, 3.8) is 0 Å². The average molecular weight is 308 g/mol. The van der Waals surface area contributed by atoms with Gasteiger partial charge in [0.25, 0.3) is 0 Å². The second-order valence-electron chi connectivity index (χ2n) is 4.75. The summed E-state index contributed by atoms with van der Waals surface area (Å²) in [4.78, 5) is 16.5. The van der Waals surface area contributed by atoms with E-state index in [4.69, 9.17) is 0 Å². The molecule has 0 amide bonds. The number of fused-ring (bicyclic) bond motifs is 1. The van der Waals surface area contributed by atoms with Gasteiger partial charge in [-0.15, -0.1) is 0 Å². The summed E-state index contributed by atoms with van der Waals surface area (Å²) in [5.41, 5.74) is -0.759. The van der Waals surface area contributed by atoms with Crippen LogP contribution in [0.3, 0.4) is 0 Å². The summed E-state index contributed by atoms with van der Waals surface area (Å²) in [6, 6.07) is 0.710. The van der Waals surface area contributed by atoms with E-state index in [0.717, 1.165) is 0 Å². The van der Waals surface area contributed by atoms with Crippen LogP contribution in [-0.2, 0) is 13.6 Å². The van der Waals surface area contributed by atoms with E-state index >= 15 is 0 Å². The molecule has 0 bridgehead atoms. The lowest BCUT2D eigenvalue weighted by Gasteiger charge is -2.12. The second kappa shape index (κ2) is 4.97. The predicted octanol–water partition coefficient (Wildman–Crippen LogP) is 2.23.